The zero-order valence-electron chi connectivity index (χ0n) is 17.0. The van der Waals surface area contributed by atoms with E-state index >= 15 is 0 Å². The first-order valence-corrected chi connectivity index (χ1v) is 11.9. The first kappa shape index (κ1) is 20.8. The maximum absolute atomic E-state index is 11.5. The third-order valence-electron chi connectivity index (χ3n) is 5.43. The molecule has 2 aromatic carbocycles. The number of hydrogen-bond donors (Lipinski definition) is 1. The molecule has 1 N–H and O–H groups in total. The van der Waals surface area contributed by atoms with Crippen molar-refractivity contribution in [2.24, 2.45) is 0 Å². The molecule has 158 valence electrons. The number of hydrogen-bond acceptors (Lipinski definition) is 6. The molecule has 7 heteroatoms. The Labute approximate surface area is 177 Å². The number of pyridine rings is 1. The molecule has 0 amide bonds. The van der Waals surface area contributed by atoms with E-state index in [4.69, 9.17) is 4.74 Å². The van der Waals surface area contributed by atoms with Gasteiger partial charge in [-0.15, -0.1) is 0 Å². The van der Waals surface area contributed by atoms with Crippen LogP contribution in [-0.2, 0) is 9.84 Å². The normalized spacial score (nSPS) is 17.7. The molecule has 4 rings (SSSR count). The molecule has 1 aromatic heterocycles. The minimum atomic E-state index is -2.92. The van der Waals surface area contributed by atoms with Crippen molar-refractivity contribution in [3.05, 3.63) is 60.4 Å². The topological polar surface area (TPSA) is 79.7 Å². The van der Waals surface area contributed by atoms with Crippen molar-refractivity contribution in [3.8, 4) is 16.9 Å². The first-order chi connectivity index (χ1) is 14.4. The van der Waals surface area contributed by atoms with Crippen LogP contribution in [0.15, 0.2) is 54.7 Å². The van der Waals surface area contributed by atoms with E-state index in [9.17, 15) is 13.5 Å². The molecular formula is C23H26N2O4S. The number of benzene rings is 2. The smallest absolute Gasteiger partial charge is 0.152 e. The van der Waals surface area contributed by atoms with Crippen LogP contribution in [0.2, 0.25) is 0 Å². The Bertz CT molecular complexity index is 1130. The van der Waals surface area contributed by atoms with Crippen LogP contribution in [0.25, 0.3) is 21.9 Å². The molecule has 0 bridgehead atoms. The van der Waals surface area contributed by atoms with Crippen LogP contribution in [0.5, 0.6) is 5.75 Å². The van der Waals surface area contributed by atoms with Crippen molar-refractivity contribution in [2.45, 2.75) is 13.0 Å². The van der Waals surface area contributed by atoms with E-state index in [1.165, 1.54) is 0 Å². The Morgan fingerprint density at radius 2 is 1.83 bits per heavy atom. The summed E-state index contributed by atoms with van der Waals surface area (Å²) in [5, 5.41) is 12.5. The zero-order valence-corrected chi connectivity index (χ0v) is 17.8. The lowest BCUT2D eigenvalue weighted by molar-refractivity contribution is 0.0716. The van der Waals surface area contributed by atoms with Crippen molar-refractivity contribution < 1.29 is 18.3 Å². The number of β-amino-alcohol motifs (C(OH)–C–C–N with tert-alkyl or cyclic N) is 1. The molecule has 6 nitrogen and oxygen atoms in total. The highest BCUT2D eigenvalue weighted by molar-refractivity contribution is 7.91. The quantitative estimate of drug-likeness (QED) is 0.653. The van der Waals surface area contributed by atoms with E-state index in [1.807, 2.05) is 54.4 Å². The molecule has 1 atom stereocenters. The molecule has 2 heterocycles. The van der Waals surface area contributed by atoms with Gasteiger partial charge < -0.3 is 9.84 Å². The molecule has 1 fully saturated rings. The first-order valence-electron chi connectivity index (χ1n) is 10.1. The number of fused-ring (bicyclic) bond motifs is 1. The summed E-state index contributed by atoms with van der Waals surface area (Å²) in [5.41, 5.74) is 3.18. The second-order valence-electron chi connectivity index (χ2n) is 7.76. The van der Waals surface area contributed by atoms with Gasteiger partial charge in [-0.05, 0) is 41.6 Å². The van der Waals surface area contributed by atoms with E-state index in [-0.39, 0.29) is 18.1 Å². The van der Waals surface area contributed by atoms with Gasteiger partial charge >= 0.3 is 0 Å². The van der Waals surface area contributed by atoms with Crippen LogP contribution in [-0.4, -0.2) is 67.3 Å². The largest absolute Gasteiger partial charge is 0.490 e. The van der Waals surface area contributed by atoms with E-state index in [1.54, 1.807) is 0 Å². The SMILES string of the molecule is Cc1cc(-c2ccc(OCC(O)CN3CCS(=O)(=O)CC3)c3ccccc23)ccn1. The van der Waals surface area contributed by atoms with Crippen LogP contribution in [0.1, 0.15) is 5.69 Å². The number of sulfone groups is 1. The minimum Gasteiger partial charge on any atom is -0.490 e. The van der Waals surface area contributed by atoms with E-state index < -0.39 is 15.9 Å². The Morgan fingerprint density at radius 3 is 2.57 bits per heavy atom. The van der Waals surface area contributed by atoms with Gasteiger partial charge in [0.15, 0.2) is 9.84 Å². The number of nitrogens with zero attached hydrogens (tertiary/aromatic N) is 2. The van der Waals surface area contributed by atoms with Gasteiger partial charge in [0.05, 0.1) is 11.5 Å². The van der Waals surface area contributed by atoms with Crippen LogP contribution < -0.4 is 4.74 Å². The number of aromatic nitrogens is 1. The second kappa shape index (κ2) is 8.71. The highest BCUT2D eigenvalue weighted by Gasteiger charge is 2.23. The maximum atomic E-state index is 11.5. The molecular weight excluding hydrogens is 400 g/mol. The van der Waals surface area contributed by atoms with Crippen molar-refractivity contribution >= 4 is 20.6 Å². The molecule has 1 saturated heterocycles. The Hall–Kier alpha value is -2.48. The summed E-state index contributed by atoms with van der Waals surface area (Å²) in [6.07, 6.45) is 1.12. The third kappa shape index (κ3) is 4.80. The van der Waals surface area contributed by atoms with Gasteiger partial charge in [0.1, 0.15) is 18.5 Å². The predicted octanol–water partition coefficient (Wildman–Crippen LogP) is 2.68. The predicted molar refractivity (Wildman–Crippen MR) is 119 cm³/mol. The molecule has 0 aliphatic carbocycles. The van der Waals surface area contributed by atoms with Gasteiger partial charge in [0, 0.05) is 36.9 Å². The third-order valence-corrected chi connectivity index (χ3v) is 7.04. The number of ether oxygens (including phenoxy) is 1. The summed E-state index contributed by atoms with van der Waals surface area (Å²) in [4.78, 5) is 6.25. The van der Waals surface area contributed by atoms with Gasteiger partial charge in [-0.2, -0.15) is 0 Å². The Balaban J connectivity index is 1.48. The Kier molecular flexibility index (Phi) is 6.04. The average Bonchev–Trinajstić information content (AvgIpc) is 2.73. The number of rotatable bonds is 6. The monoisotopic (exact) mass is 426 g/mol. The van der Waals surface area contributed by atoms with E-state index in [0.717, 1.165) is 33.3 Å². The average molecular weight is 427 g/mol. The Morgan fingerprint density at radius 1 is 1.10 bits per heavy atom. The summed E-state index contributed by atoms with van der Waals surface area (Å²) in [7, 11) is -2.92. The van der Waals surface area contributed by atoms with Gasteiger partial charge in [-0.3, -0.25) is 9.88 Å². The van der Waals surface area contributed by atoms with E-state index in [0.29, 0.717) is 19.6 Å². The minimum absolute atomic E-state index is 0.154. The lowest BCUT2D eigenvalue weighted by Gasteiger charge is -2.28. The summed E-state index contributed by atoms with van der Waals surface area (Å²) >= 11 is 0. The van der Waals surface area contributed by atoms with Crippen molar-refractivity contribution in [1.82, 2.24) is 9.88 Å². The summed E-state index contributed by atoms with van der Waals surface area (Å²) in [6.45, 7) is 3.45. The fourth-order valence-corrected chi connectivity index (χ4v) is 5.11. The summed E-state index contributed by atoms with van der Waals surface area (Å²) in [6, 6.07) is 16.1. The summed E-state index contributed by atoms with van der Waals surface area (Å²) < 4.78 is 29.1. The molecule has 1 unspecified atom stereocenters. The second-order valence-corrected chi connectivity index (χ2v) is 10.1. The van der Waals surface area contributed by atoms with Crippen LogP contribution in [0.4, 0.5) is 0 Å². The van der Waals surface area contributed by atoms with Gasteiger partial charge in [0.25, 0.3) is 0 Å². The van der Waals surface area contributed by atoms with Crippen LogP contribution in [0, 0.1) is 6.92 Å². The lowest BCUT2D eigenvalue weighted by atomic mass is 9.98. The molecule has 1 aliphatic heterocycles. The van der Waals surface area contributed by atoms with Gasteiger partial charge in [-0.1, -0.05) is 30.3 Å². The van der Waals surface area contributed by atoms with Crippen LogP contribution >= 0.6 is 0 Å². The van der Waals surface area contributed by atoms with Crippen molar-refractivity contribution in [1.29, 1.82) is 0 Å². The van der Waals surface area contributed by atoms with Gasteiger partial charge in [0.2, 0.25) is 0 Å². The fraction of sp³-hybridized carbons (Fsp3) is 0.348. The lowest BCUT2D eigenvalue weighted by Crippen LogP contribution is -2.44. The van der Waals surface area contributed by atoms with Crippen molar-refractivity contribution in [2.75, 3.05) is 37.7 Å². The van der Waals surface area contributed by atoms with Crippen molar-refractivity contribution in [3.63, 3.8) is 0 Å². The van der Waals surface area contributed by atoms with Gasteiger partial charge in [-0.25, -0.2) is 8.42 Å². The number of aliphatic hydroxyl groups is 1. The molecule has 3 aromatic rings. The molecule has 0 radical (unpaired) electrons. The highest BCUT2D eigenvalue weighted by Crippen LogP contribution is 2.34. The molecule has 30 heavy (non-hydrogen) atoms. The number of aliphatic hydroxyl groups excluding tert-OH is 1. The molecule has 0 spiro atoms. The fourth-order valence-electron chi connectivity index (χ4n) is 3.83. The number of aryl methyl sites for hydroxylation is 1. The molecule has 1 aliphatic rings. The summed E-state index contributed by atoms with van der Waals surface area (Å²) in [5.74, 6) is 1.03. The standard InChI is InChI=1S/C23H26N2O4S/c1-17-14-18(8-9-24-17)20-6-7-23(22-5-3-2-4-21(20)22)29-16-19(26)15-25-10-12-30(27,28)13-11-25/h2-9,14,19,26H,10-13,15-16H2,1H3. The highest BCUT2D eigenvalue weighted by atomic mass is 32.2. The van der Waals surface area contributed by atoms with Crippen LogP contribution in [0.3, 0.4) is 0 Å². The maximum Gasteiger partial charge on any atom is 0.152 e. The van der Waals surface area contributed by atoms with E-state index in [2.05, 4.69) is 17.1 Å². The zero-order chi connectivity index (χ0) is 21.1. The molecule has 0 saturated carbocycles.